The van der Waals surface area contributed by atoms with Crippen LogP contribution in [0.2, 0.25) is 5.02 Å². The van der Waals surface area contributed by atoms with Crippen molar-refractivity contribution in [3.8, 4) is 23.1 Å². The molecule has 0 N–H and O–H groups in total. The Hall–Kier alpha value is -4.40. The zero-order chi connectivity index (χ0) is 28.5. The van der Waals surface area contributed by atoms with Gasteiger partial charge < -0.3 is 13.9 Å². The van der Waals surface area contributed by atoms with Crippen LogP contribution in [-0.4, -0.2) is 23.0 Å². The van der Waals surface area contributed by atoms with Gasteiger partial charge in [-0.1, -0.05) is 53.6 Å². The number of rotatable bonds is 7. The Kier molecular flexibility index (Phi) is 7.34. The van der Waals surface area contributed by atoms with Gasteiger partial charge in [0.05, 0.1) is 28.7 Å². The van der Waals surface area contributed by atoms with E-state index in [2.05, 4.69) is 21.0 Å². The maximum Gasteiger partial charge on any atom is 0.282 e. The van der Waals surface area contributed by atoms with E-state index in [1.807, 2.05) is 43.3 Å². The van der Waals surface area contributed by atoms with Gasteiger partial charge in [0.2, 0.25) is 5.82 Å². The molecule has 2 aromatic heterocycles. The molecule has 0 amide bonds. The van der Waals surface area contributed by atoms with Gasteiger partial charge in [-0.2, -0.15) is 9.78 Å². The van der Waals surface area contributed by atoms with E-state index >= 15 is 0 Å². The average molecular weight is 629 g/mol. The summed E-state index contributed by atoms with van der Waals surface area (Å²) in [6.07, 6.45) is 1.57. The van der Waals surface area contributed by atoms with Crippen molar-refractivity contribution in [3.63, 3.8) is 0 Å². The zero-order valence-corrected chi connectivity index (χ0v) is 24.4. The highest BCUT2D eigenvalue weighted by atomic mass is 79.9. The molecule has 4 aromatic carbocycles. The number of benzene rings is 4. The van der Waals surface area contributed by atoms with Crippen molar-refractivity contribution in [2.75, 3.05) is 7.11 Å². The third-order valence-electron chi connectivity index (χ3n) is 6.53. The maximum absolute atomic E-state index is 13.6. The number of ether oxygens (including phenoxy) is 2. The Morgan fingerprint density at radius 2 is 1.85 bits per heavy atom. The molecule has 204 valence electrons. The van der Waals surface area contributed by atoms with E-state index in [-0.39, 0.29) is 11.4 Å². The summed E-state index contributed by atoms with van der Waals surface area (Å²) in [7, 11) is 1.57. The summed E-state index contributed by atoms with van der Waals surface area (Å²) in [6, 6.07) is 26.0. The average Bonchev–Trinajstić information content (AvgIpc) is 3.39. The Labute approximate surface area is 248 Å². The molecule has 0 atom stereocenters. The molecule has 0 saturated heterocycles. The summed E-state index contributed by atoms with van der Waals surface area (Å²) in [5, 5.41) is 6.36. The summed E-state index contributed by atoms with van der Waals surface area (Å²) in [6.45, 7) is 2.43. The largest absolute Gasteiger partial charge is 0.493 e. The normalized spacial score (nSPS) is 11.5. The Balaban J connectivity index is 1.39. The Morgan fingerprint density at radius 3 is 2.66 bits per heavy atom. The molecule has 6 rings (SSSR count). The lowest BCUT2D eigenvalue weighted by atomic mass is 10.2. The third-order valence-corrected chi connectivity index (χ3v) is 7.35. The Bertz CT molecular complexity index is 2000. The second-order valence-electron chi connectivity index (χ2n) is 9.42. The van der Waals surface area contributed by atoms with Crippen molar-refractivity contribution in [1.82, 2.24) is 9.66 Å². The van der Waals surface area contributed by atoms with E-state index in [1.165, 1.54) is 10.2 Å². The van der Waals surface area contributed by atoms with Gasteiger partial charge in [0.15, 0.2) is 17.3 Å². The molecule has 0 radical (unpaired) electrons. The van der Waals surface area contributed by atoms with Gasteiger partial charge in [-0.3, -0.25) is 4.79 Å². The van der Waals surface area contributed by atoms with Gasteiger partial charge in [0.25, 0.3) is 5.56 Å². The zero-order valence-electron chi connectivity index (χ0n) is 22.1. The van der Waals surface area contributed by atoms with Crippen LogP contribution < -0.4 is 15.0 Å². The number of nitrogens with zero attached hydrogens (tertiary/aromatic N) is 3. The first-order valence-electron chi connectivity index (χ1n) is 12.7. The lowest BCUT2D eigenvalue weighted by Crippen LogP contribution is -2.20. The van der Waals surface area contributed by atoms with Gasteiger partial charge in [-0.05, 0) is 82.5 Å². The van der Waals surface area contributed by atoms with Crippen molar-refractivity contribution in [2.45, 2.75) is 13.5 Å². The number of hydrogen-bond acceptors (Lipinski definition) is 6. The molecule has 0 spiro atoms. The second kappa shape index (κ2) is 11.2. The molecular formula is C32H23BrClN3O4. The minimum atomic E-state index is -0.329. The molecule has 7 nitrogen and oxygen atoms in total. The topological polar surface area (TPSA) is 78.9 Å². The van der Waals surface area contributed by atoms with E-state index < -0.39 is 0 Å². The van der Waals surface area contributed by atoms with Crippen LogP contribution in [0.25, 0.3) is 33.5 Å². The van der Waals surface area contributed by atoms with Gasteiger partial charge in [0.1, 0.15) is 12.2 Å². The quantitative estimate of drug-likeness (QED) is 0.167. The first-order chi connectivity index (χ1) is 19.9. The first kappa shape index (κ1) is 26.8. The molecule has 0 bridgehead atoms. The predicted molar refractivity (Wildman–Crippen MR) is 165 cm³/mol. The summed E-state index contributed by atoms with van der Waals surface area (Å²) in [4.78, 5) is 18.3. The van der Waals surface area contributed by atoms with Crippen LogP contribution in [0.15, 0.2) is 104 Å². The van der Waals surface area contributed by atoms with Crippen molar-refractivity contribution in [3.05, 3.63) is 121 Å². The number of methoxy groups -OCH3 is 1. The standard InChI is InChI=1S/C32H23BrClN3O4/c1-19-7-9-20(10-8-19)18-40-30-25(33)13-21(14-28(30)39-2)17-35-37-31(36-26-6-4-3-5-24(26)32(37)38)29-16-22-15-23(34)11-12-27(22)41-29/h3-17H,18H2,1-2H3. The molecule has 0 aliphatic carbocycles. The number of aryl methyl sites for hydroxylation is 1. The number of furan rings is 1. The molecule has 0 saturated carbocycles. The van der Waals surface area contributed by atoms with Crippen molar-refractivity contribution < 1.29 is 13.9 Å². The predicted octanol–water partition coefficient (Wildman–Crippen LogP) is 8.00. The number of hydrogen-bond donors (Lipinski definition) is 0. The van der Waals surface area contributed by atoms with E-state index in [0.29, 0.717) is 55.4 Å². The highest BCUT2D eigenvalue weighted by Crippen LogP contribution is 2.37. The molecule has 0 fully saturated rings. The molecule has 6 aromatic rings. The van der Waals surface area contributed by atoms with Crippen molar-refractivity contribution >= 4 is 55.6 Å². The molecule has 41 heavy (non-hydrogen) atoms. The number of aromatic nitrogens is 2. The highest BCUT2D eigenvalue weighted by Gasteiger charge is 2.17. The molecule has 0 unspecified atom stereocenters. The summed E-state index contributed by atoms with van der Waals surface area (Å²) in [5.41, 5.74) is 3.74. The van der Waals surface area contributed by atoms with Crippen molar-refractivity contribution in [1.29, 1.82) is 0 Å². The maximum atomic E-state index is 13.6. The van der Waals surface area contributed by atoms with Gasteiger partial charge >= 0.3 is 0 Å². The second-order valence-corrected chi connectivity index (χ2v) is 10.7. The van der Waals surface area contributed by atoms with E-state index in [1.54, 1.807) is 61.9 Å². The Morgan fingerprint density at radius 1 is 1.05 bits per heavy atom. The SMILES string of the molecule is COc1cc(C=Nn2c(-c3cc4cc(Cl)ccc4o3)nc3ccccc3c2=O)cc(Br)c1OCc1ccc(C)cc1. The molecule has 0 aliphatic rings. The lowest BCUT2D eigenvalue weighted by molar-refractivity contribution is 0.282. The minimum Gasteiger partial charge on any atom is -0.493 e. The van der Waals surface area contributed by atoms with E-state index in [9.17, 15) is 4.79 Å². The fourth-order valence-corrected chi connectivity index (χ4v) is 5.19. The highest BCUT2D eigenvalue weighted by molar-refractivity contribution is 9.10. The third kappa shape index (κ3) is 5.49. The first-order valence-corrected chi connectivity index (χ1v) is 13.9. The van der Waals surface area contributed by atoms with Gasteiger partial charge in [-0.25, -0.2) is 4.98 Å². The summed E-state index contributed by atoms with van der Waals surface area (Å²) < 4.78 is 19.7. The van der Waals surface area contributed by atoms with Crippen LogP contribution >= 0.6 is 27.5 Å². The molecular weight excluding hydrogens is 606 g/mol. The minimum absolute atomic E-state index is 0.265. The van der Waals surface area contributed by atoms with Crippen LogP contribution in [-0.2, 0) is 6.61 Å². The summed E-state index contributed by atoms with van der Waals surface area (Å²) >= 11 is 9.77. The summed E-state index contributed by atoms with van der Waals surface area (Å²) in [5.74, 6) is 1.74. The number of halogens is 2. The van der Waals surface area contributed by atoms with Crippen LogP contribution in [0.5, 0.6) is 11.5 Å². The molecule has 2 heterocycles. The smallest absolute Gasteiger partial charge is 0.282 e. The fraction of sp³-hybridized carbons (Fsp3) is 0.0938. The fourth-order valence-electron chi connectivity index (χ4n) is 4.43. The van der Waals surface area contributed by atoms with Crippen molar-refractivity contribution in [2.24, 2.45) is 5.10 Å². The van der Waals surface area contributed by atoms with Crippen LogP contribution in [0, 0.1) is 6.92 Å². The van der Waals surface area contributed by atoms with E-state index in [0.717, 1.165) is 10.9 Å². The van der Waals surface area contributed by atoms with E-state index in [4.69, 9.17) is 30.5 Å². The monoisotopic (exact) mass is 627 g/mol. The molecule has 0 aliphatic heterocycles. The van der Waals surface area contributed by atoms with Gasteiger partial charge in [-0.15, -0.1) is 0 Å². The van der Waals surface area contributed by atoms with Crippen LogP contribution in [0.4, 0.5) is 0 Å². The lowest BCUT2D eigenvalue weighted by Gasteiger charge is -2.14. The molecule has 9 heteroatoms. The van der Waals surface area contributed by atoms with Crippen LogP contribution in [0.3, 0.4) is 0 Å². The van der Waals surface area contributed by atoms with Gasteiger partial charge in [0, 0.05) is 10.4 Å². The van der Waals surface area contributed by atoms with Crippen LogP contribution in [0.1, 0.15) is 16.7 Å². The number of para-hydroxylation sites is 1. The number of fused-ring (bicyclic) bond motifs is 2.